The molecular formula is C15H17ClFN3O. The van der Waals surface area contributed by atoms with Crippen molar-refractivity contribution in [2.24, 2.45) is 5.92 Å². The first-order valence-corrected chi connectivity index (χ1v) is 7.09. The summed E-state index contributed by atoms with van der Waals surface area (Å²) in [7, 11) is 0. The Bertz CT molecular complexity index is 668. The fourth-order valence-corrected chi connectivity index (χ4v) is 2.08. The predicted molar refractivity (Wildman–Crippen MR) is 82.1 cm³/mol. The van der Waals surface area contributed by atoms with Crippen molar-refractivity contribution < 1.29 is 4.39 Å². The normalized spacial score (nSPS) is 10.9. The zero-order valence-electron chi connectivity index (χ0n) is 11.9. The molecule has 0 bridgehead atoms. The molecule has 0 unspecified atom stereocenters. The Morgan fingerprint density at radius 2 is 2.00 bits per heavy atom. The van der Waals surface area contributed by atoms with E-state index in [1.165, 1.54) is 23.0 Å². The minimum atomic E-state index is -0.311. The fourth-order valence-electron chi connectivity index (χ4n) is 1.86. The summed E-state index contributed by atoms with van der Waals surface area (Å²) >= 11 is 6.08. The van der Waals surface area contributed by atoms with Gasteiger partial charge in [0, 0.05) is 13.1 Å². The molecule has 1 heterocycles. The average molecular weight is 310 g/mol. The summed E-state index contributed by atoms with van der Waals surface area (Å²) < 4.78 is 14.2. The maximum atomic E-state index is 12.8. The minimum Gasteiger partial charge on any atom is -0.378 e. The van der Waals surface area contributed by atoms with Crippen LogP contribution in [-0.2, 0) is 13.1 Å². The van der Waals surface area contributed by atoms with Crippen LogP contribution in [0.15, 0.2) is 35.3 Å². The van der Waals surface area contributed by atoms with Gasteiger partial charge in [-0.2, -0.15) is 5.10 Å². The van der Waals surface area contributed by atoms with Gasteiger partial charge in [0.25, 0.3) is 5.56 Å². The van der Waals surface area contributed by atoms with Crippen molar-refractivity contribution in [2.45, 2.75) is 26.9 Å². The molecule has 0 radical (unpaired) electrons. The number of nitrogens with zero attached hydrogens (tertiary/aromatic N) is 2. The molecule has 4 nitrogen and oxygen atoms in total. The van der Waals surface area contributed by atoms with Gasteiger partial charge in [0.1, 0.15) is 10.8 Å². The van der Waals surface area contributed by atoms with Crippen LogP contribution >= 0.6 is 11.6 Å². The molecule has 1 N–H and O–H groups in total. The van der Waals surface area contributed by atoms with E-state index < -0.39 is 0 Å². The largest absolute Gasteiger partial charge is 0.378 e. The highest BCUT2D eigenvalue weighted by molar-refractivity contribution is 6.32. The molecule has 0 saturated carbocycles. The van der Waals surface area contributed by atoms with Crippen LogP contribution < -0.4 is 10.9 Å². The Morgan fingerprint density at radius 3 is 2.62 bits per heavy atom. The SMILES string of the molecule is CC(C)Cn1ncc(NCc2ccc(F)cc2)c(Cl)c1=O. The van der Waals surface area contributed by atoms with Crippen LogP contribution in [0.25, 0.3) is 0 Å². The first kappa shape index (κ1) is 15.5. The summed E-state index contributed by atoms with van der Waals surface area (Å²) in [5.74, 6) is 0.0269. The number of hydrogen-bond acceptors (Lipinski definition) is 3. The fraction of sp³-hybridized carbons (Fsp3) is 0.333. The molecule has 112 valence electrons. The first-order chi connectivity index (χ1) is 9.97. The zero-order chi connectivity index (χ0) is 15.4. The van der Waals surface area contributed by atoms with Gasteiger partial charge in [0.05, 0.1) is 11.9 Å². The van der Waals surface area contributed by atoms with E-state index in [0.717, 1.165) is 5.56 Å². The number of rotatable bonds is 5. The molecule has 0 spiro atoms. The number of halogens is 2. The molecule has 0 atom stereocenters. The lowest BCUT2D eigenvalue weighted by molar-refractivity contribution is 0.464. The van der Waals surface area contributed by atoms with Crippen LogP contribution in [0.1, 0.15) is 19.4 Å². The van der Waals surface area contributed by atoms with Crippen molar-refractivity contribution in [3.05, 3.63) is 57.2 Å². The lowest BCUT2D eigenvalue weighted by Crippen LogP contribution is -2.26. The lowest BCUT2D eigenvalue weighted by atomic mass is 10.2. The van der Waals surface area contributed by atoms with E-state index in [1.807, 2.05) is 13.8 Å². The van der Waals surface area contributed by atoms with Gasteiger partial charge in [-0.3, -0.25) is 4.79 Å². The third kappa shape index (κ3) is 4.04. The van der Waals surface area contributed by atoms with Gasteiger partial charge in [-0.1, -0.05) is 37.6 Å². The summed E-state index contributed by atoms with van der Waals surface area (Å²) in [6, 6.07) is 6.11. The van der Waals surface area contributed by atoms with E-state index in [4.69, 9.17) is 11.6 Å². The van der Waals surface area contributed by atoms with Gasteiger partial charge >= 0.3 is 0 Å². The second-order valence-electron chi connectivity index (χ2n) is 5.23. The van der Waals surface area contributed by atoms with Gasteiger partial charge in [-0.25, -0.2) is 9.07 Å². The minimum absolute atomic E-state index is 0.118. The standard InChI is InChI=1S/C15H17ClFN3O/c1-10(2)9-20-15(21)14(16)13(8-19-20)18-7-11-3-5-12(17)6-4-11/h3-6,8,10,18H,7,9H2,1-2H3. The van der Waals surface area contributed by atoms with Crippen LogP contribution in [0.4, 0.5) is 10.1 Å². The second kappa shape index (κ2) is 6.72. The maximum Gasteiger partial charge on any atom is 0.287 e. The van der Waals surface area contributed by atoms with Gasteiger partial charge in [-0.05, 0) is 23.6 Å². The Kier molecular flexibility index (Phi) is 4.96. The average Bonchev–Trinajstić information content (AvgIpc) is 2.44. The highest BCUT2D eigenvalue weighted by atomic mass is 35.5. The van der Waals surface area contributed by atoms with Crippen molar-refractivity contribution >= 4 is 17.3 Å². The topological polar surface area (TPSA) is 46.9 Å². The van der Waals surface area contributed by atoms with Crippen LogP contribution in [0.2, 0.25) is 5.02 Å². The molecule has 1 aromatic heterocycles. The van der Waals surface area contributed by atoms with Gasteiger partial charge < -0.3 is 5.32 Å². The molecular weight excluding hydrogens is 293 g/mol. The van der Waals surface area contributed by atoms with Crippen molar-refractivity contribution in [1.82, 2.24) is 9.78 Å². The van der Waals surface area contributed by atoms with Crippen LogP contribution in [0.5, 0.6) is 0 Å². The van der Waals surface area contributed by atoms with E-state index in [9.17, 15) is 9.18 Å². The summed E-state index contributed by atoms with van der Waals surface area (Å²) in [6.45, 7) is 4.97. The second-order valence-corrected chi connectivity index (χ2v) is 5.61. The maximum absolute atomic E-state index is 12.8. The molecule has 0 amide bonds. The Morgan fingerprint density at radius 1 is 1.33 bits per heavy atom. The number of nitrogens with one attached hydrogen (secondary N) is 1. The molecule has 0 aliphatic heterocycles. The molecule has 0 aliphatic rings. The summed E-state index contributed by atoms with van der Waals surface area (Å²) in [5.41, 5.74) is 1.05. The van der Waals surface area contributed by atoms with Crippen molar-refractivity contribution in [2.75, 3.05) is 5.32 Å². The zero-order valence-corrected chi connectivity index (χ0v) is 12.7. The van der Waals surface area contributed by atoms with E-state index in [1.54, 1.807) is 12.1 Å². The van der Waals surface area contributed by atoms with E-state index in [0.29, 0.717) is 24.7 Å². The van der Waals surface area contributed by atoms with Crippen LogP contribution in [0, 0.1) is 11.7 Å². The summed E-state index contributed by atoms with van der Waals surface area (Å²) in [5, 5.41) is 7.26. The smallest absolute Gasteiger partial charge is 0.287 e. The number of benzene rings is 1. The van der Waals surface area contributed by atoms with Crippen molar-refractivity contribution in [1.29, 1.82) is 0 Å². The van der Waals surface area contributed by atoms with Gasteiger partial charge in [0.2, 0.25) is 0 Å². The molecule has 21 heavy (non-hydrogen) atoms. The highest BCUT2D eigenvalue weighted by Crippen LogP contribution is 2.16. The highest BCUT2D eigenvalue weighted by Gasteiger charge is 2.10. The Balaban J connectivity index is 2.12. The molecule has 1 aromatic carbocycles. The van der Waals surface area contributed by atoms with E-state index in [2.05, 4.69) is 10.4 Å². The van der Waals surface area contributed by atoms with Crippen molar-refractivity contribution in [3.8, 4) is 0 Å². The third-order valence-electron chi connectivity index (χ3n) is 2.92. The molecule has 6 heteroatoms. The molecule has 2 aromatic rings. The molecule has 2 rings (SSSR count). The molecule has 0 fully saturated rings. The lowest BCUT2D eigenvalue weighted by Gasteiger charge is -2.11. The quantitative estimate of drug-likeness (QED) is 0.922. The van der Waals surface area contributed by atoms with E-state index >= 15 is 0 Å². The monoisotopic (exact) mass is 309 g/mol. The summed E-state index contributed by atoms with van der Waals surface area (Å²) in [4.78, 5) is 12.1. The number of hydrogen-bond donors (Lipinski definition) is 1. The van der Waals surface area contributed by atoms with Gasteiger partial charge in [-0.15, -0.1) is 0 Å². The van der Waals surface area contributed by atoms with E-state index in [-0.39, 0.29) is 16.4 Å². The first-order valence-electron chi connectivity index (χ1n) is 6.71. The summed E-state index contributed by atoms with van der Waals surface area (Å²) in [6.07, 6.45) is 1.54. The number of aromatic nitrogens is 2. The molecule has 0 aliphatic carbocycles. The van der Waals surface area contributed by atoms with Gasteiger partial charge in [0.15, 0.2) is 0 Å². The number of anilines is 1. The van der Waals surface area contributed by atoms with Crippen LogP contribution in [-0.4, -0.2) is 9.78 Å². The van der Waals surface area contributed by atoms with Crippen molar-refractivity contribution in [3.63, 3.8) is 0 Å². The van der Waals surface area contributed by atoms with Crippen LogP contribution in [0.3, 0.4) is 0 Å². The molecule has 0 saturated heterocycles. The Labute approximate surface area is 127 Å². The predicted octanol–water partition coefficient (Wildman–Crippen LogP) is 3.30. The third-order valence-corrected chi connectivity index (χ3v) is 3.28. The Hall–Kier alpha value is -1.88.